The summed E-state index contributed by atoms with van der Waals surface area (Å²) < 4.78 is 41.8. The number of aromatic nitrogens is 1. The first-order valence-electron chi connectivity index (χ1n) is 15.3. The van der Waals surface area contributed by atoms with Crippen molar-refractivity contribution in [2.24, 2.45) is 10.6 Å². The van der Waals surface area contributed by atoms with E-state index in [9.17, 15) is 27.9 Å². The van der Waals surface area contributed by atoms with E-state index in [1.54, 1.807) is 12.1 Å². The summed E-state index contributed by atoms with van der Waals surface area (Å²) in [6, 6.07) is 4.17. The molecule has 18 nitrogen and oxygen atoms in total. The van der Waals surface area contributed by atoms with Gasteiger partial charge >= 0.3 is 16.4 Å². The first-order valence-corrected chi connectivity index (χ1v) is 17.5. The normalized spacial score (nSPS) is 23.9. The number of β-lactam (4-membered cyclic amide) rings is 1. The monoisotopic (exact) mass is 720 g/mol. The number of hydrogen-bond donors (Lipinski definition) is 7. The van der Waals surface area contributed by atoms with Crippen molar-refractivity contribution in [1.29, 1.82) is 5.41 Å². The number of aliphatic carboxylic acids is 1. The second-order valence-electron chi connectivity index (χ2n) is 13.4. The number of carboxylic acids is 1. The standard InChI is InChI=1S/C29H36N8O10S2/c1-27(2)21(24(39)37(27)47-49(42,43)44)35-23(38)20(17-11-48-26(31)34-17)36-46-28(3,25(40)41)19-7-5-14-8-15(4-6-18(14)45-19)22(30)33-16-9-29(10-16)12-32-13-29/h4,6,8,11,16,19,21,32H,5,7,9-10,12-13H2,1-3H3,(H2,30,33)(H2,31,34)(H,35,38)(H,40,41)(H,42,43,44). The molecule has 4 heterocycles. The lowest BCUT2D eigenvalue weighted by Gasteiger charge is -2.54. The highest BCUT2D eigenvalue weighted by Crippen LogP contribution is 2.44. The number of carboxylic acid groups (broad SMARTS) is 1. The first kappa shape index (κ1) is 34.5. The first-order chi connectivity index (χ1) is 22.9. The smallest absolute Gasteiger partial charge is 0.418 e. The van der Waals surface area contributed by atoms with Crippen molar-refractivity contribution in [3.05, 3.63) is 40.4 Å². The Hall–Kier alpha value is -4.37. The van der Waals surface area contributed by atoms with Crippen LogP contribution in [0.15, 0.2) is 28.7 Å². The van der Waals surface area contributed by atoms with Crippen LogP contribution in [-0.2, 0) is 40.3 Å². The molecule has 3 unspecified atom stereocenters. The van der Waals surface area contributed by atoms with Crippen LogP contribution in [-0.4, -0.2) is 99.9 Å². The lowest BCUT2D eigenvalue weighted by Crippen LogP contribution is -2.76. The average Bonchev–Trinajstić information content (AvgIpc) is 3.43. The number of nitrogen functional groups attached to an aromatic ring is 1. The highest BCUT2D eigenvalue weighted by atomic mass is 32.3. The molecule has 20 heteroatoms. The number of nitrogens with one attached hydrogen (secondary N) is 4. The molecular formula is C29H36N8O10S2. The number of aryl methyl sites for hydroxylation is 1. The Morgan fingerprint density at radius 1 is 1.29 bits per heavy atom. The van der Waals surface area contributed by atoms with E-state index in [4.69, 9.17) is 25.3 Å². The van der Waals surface area contributed by atoms with Gasteiger partial charge in [-0.3, -0.25) is 19.6 Å². The van der Waals surface area contributed by atoms with Gasteiger partial charge in [-0.05, 0) is 75.6 Å². The van der Waals surface area contributed by atoms with E-state index in [1.807, 2.05) is 6.07 Å². The Kier molecular flexibility index (Phi) is 8.58. The van der Waals surface area contributed by atoms with Crippen LogP contribution in [0, 0.1) is 10.8 Å². The number of hydrogen-bond acceptors (Lipinski definition) is 14. The number of nitrogens with zero attached hydrogens (tertiary/aromatic N) is 3. The van der Waals surface area contributed by atoms with Gasteiger partial charge in [-0.1, -0.05) is 5.16 Å². The van der Waals surface area contributed by atoms with Crippen LogP contribution < -0.4 is 26.4 Å². The highest BCUT2D eigenvalue weighted by Gasteiger charge is 2.58. The summed E-state index contributed by atoms with van der Waals surface area (Å²) in [5.41, 5.74) is 3.47. The summed E-state index contributed by atoms with van der Waals surface area (Å²) in [4.78, 5) is 48.3. The number of nitrogens with two attached hydrogens (primary N) is 1. The molecule has 1 aromatic carbocycles. The predicted octanol–water partition coefficient (Wildman–Crippen LogP) is 0.190. The fourth-order valence-corrected chi connectivity index (χ4v) is 7.47. The minimum Gasteiger partial charge on any atom is -0.485 e. The van der Waals surface area contributed by atoms with Crippen molar-refractivity contribution in [3.8, 4) is 5.75 Å². The average molecular weight is 721 g/mol. The van der Waals surface area contributed by atoms with Crippen LogP contribution in [0.2, 0.25) is 0 Å². The maximum atomic E-state index is 13.5. The highest BCUT2D eigenvalue weighted by molar-refractivity contribution is 7.80. The number of fused-ring (bicyclic) bond motifs is 1. The van der Waals surface area contributed by atoms with Crippen LogP contribution in [0.3, 0.4) is 0 Å². The summed E-state index contributed by atoms with van der Waals surface area (Å²) >= 11 is 0.967. The summed E-state index contributed by atoms with van der Waals surface area (Å²) in [6.07, 6.45) is 1.60. The molecule has 1 aromatic heterocycles. The van der Waals surface area contributed by atoms with Gasteiger partial charge in [0.15, 0.2) is 16.9 Å². The molecule has 264 valence electrons. The zero-order chi connectivity index (χ0) is 35.5. The third-order valence-electron chi connectivity index (χ3n) is 9.47. The van der Waals surface area contributed by atoms with Crippen molar-refractivity contribution in [2.75, 3.05) is 18.8 Å². The number of hydroxylamine groups is 2. The molecule has 2 aromatic rings. The van der Waals surface area contributed by atoms with Crippen LogP contribution in [0.5, 0.6) is 5.75 Å². The Morgan fingerprint density at radius 2 is 2.00 bits per heavy atom. The van der Waals surface area contributed by atoms with Crippen molar-refractivity contribution < 1.29 is 46.3 Å². The maximum absolute atomic E-state index is 13.5. The van der Waals surface area contributed by atoms with E-state index in [0.717, 1.165) is 42.8 Å². The van der Waals surface area contributed by atoms with Crippen LogP contribution in [0.4, 0.5) is 5.13 Å². The predicted molar refractivity (Wildman–Crippen MR) is 173 cm³/mol. The van der Waals surface area contributed by atoms with Gasteiger partial charge in [0.25, 0.3) is 17.4 Å². The second kappa shape index (κ2) is 12.2. The fourth-order valence-electron chi connectivity index (χ4n) is 6.47. The number of rotatable bonds is 11. The van der Waals surface area contributed by atoms with Gasteiger partial charge in [0.2, 0.25) is 0 Å². The molecule has 1 saturated carbocycles. The van der Waals surface area contributed by atoms with E-state index in [0.29, 0.717) is 34.0 Å². The Balaban J connectivity index is 1.16. The molecule has 0 bridgehead atoms. The molecule has 6 rings (SSSR count). The van der Waals surface area contributed by atoms with Crippen molar-refractivity contribution in [3.63, 3.8) is 0 Å². The van der Waals surface area contributed by atoms with Gasteiger partial charge in [-0.15, -0.1) is 15.6 Å². The van der Waals surface area contributed by atoms with Gasteiger partial charge in [0, 0.05) is 30.1 Å². The third-order valence-corrected chi connectivity index (χ3v) is 10.5. The molecule has 49 heavy (non-hydrogen) atoms. The van der Waals surface area contributed by atoms with Crippen molar-refractivity contribution in [2.45, 2.75) is 75.8 Å². The maximum Gasteiger partial charge on any atom is 0.418 e. The summed E-state index contributed by atoms with van der Waals surface area (Å²) in [6.45, 7) is 6.03. The Labute approximate surface area is 284 Å². The molecule has 8 N–H and O–H groups in total. The molecule has 3 fully saturated rings. The lowest BCUT2D eigenvalue weighted by molar-refractivity contribution is -0.218. The van der Waals surface area contributed by atoms with Crippen LogP contribution in [0.1, 0.15) is 56.9 Å². The van der Waals surface area contributed by atoms with E-state index < -0.39 is 57.2 Å². The largest absolute Gasteiger partial charge is 0.485 e. The van der Waals surface area contributed by atoms with E-state index in [-0.39, 0.29) is 23.3 Å². The van der Waals surface area contributed by atoms with Gasteiger partial charge in [0.1, 0.15) is 23.3 Å². The number of amides is 2. The molecule has 2 amide bonds. The molecule has 0 radical (unpaired) electrons. The number of amidine groups is 1. The lowest BCUT2D eigenvalue weighted by atomic mass is 9.61. The second-order valence-corrected chi connectivity index (χ2v) is 15.3. The van der Waals surface area contributed by atoms with E-state index >= 15 is 0 Å². The van der Waals surface area contributed by atoms with Crippen LogP contribution in [0.25, 0.3) is 0 Å². The third kappa shape index (κ3) is 6.53. The minimum absolute atomic E-state index is 0.0615. The van der Waals surface area contributed by atoms with Crippen molar-refractivity contribution in [1.82, 2.24) is 26.0 Å². The molecule has 2 saturated heterocycles. The number of anilines is 1. The molecule has 4 aliphatic rings. The fraction of sp³-hybridized carbons (Fsp3) is 0.517. The summed E-state index contributed by atoms with van der Waals surface area (Å²) in [5, 5.41) is 33.6. The molecule has 1 spiro atoms. The summed E-state index contributed by atoms with van der Waals surface area (Å²) in [7, 11) is -5.03. The molecular weight excluding hydrogens is 684 g/mol. The quantitative estimate of drug-likeness (QED) is 0.0537. The van der Waals surface area contributed by atoms with E-state index in [1.165, 1.54) is 26.2 Å². The van der Waals surface area contributed by atoms with Gasteiger partial charge in [-0.2, -0.15) is 13.5 Å². The van der Waals surface area contributed by atoms with Crippen LogP contribution >= 0.6 is 11.3 Å². The SMILES string of the molecule is CC(ON=C(C(=O)NC1C(=O)N(OS(=O)(=O)O)C1(C)C)c1csc(N)n1)(C(=O)O)C1CCc2cc(C(=N)NC3CC4(CNC4)C3)ccc2O1. The number of carbonyl (C=O) groups excluding carboxylic acids is 2. The minimum atomic E-state index is -5.03. The van der Waals surface area contributed by atoms with E-state index in [2.05, 4.69) is 30.4 Å². The summed E-state index contributed by atoms with van der Waals surface area (Å²) in [5.74, 6) is -2.71. The number of oxime groups is 1. The number of ether oxygens (including phenoxy) is 1. The number of benzene rings is 1. The number of carbonyl (C=O) groups is 3. The number of thiazole rings is 1. The Morgan fingerprint density at radius 3 is 2.57 bits per heavy atom. The molecule has 3 aliphatic heterocycles. The zero-order valence-electron chi connectivity index (χ0n) is 26.7. The topological polar surface area (TPSA) is 268 Å². The van der Waals surface area contributed by atoms with Gasteiger partial charge in [-0.25, -0.2) is 9.78 Å². The Bertz CT molecular complexity index is 1850. The molecule has 1 aliphatic carbocycles. The molecule has 3 atom stereocenters. The van der Waals surface area contributed by atoms with Gasteiger partial charge < -0.3 is 36.4 Å². The van der Waals surface area contributed by atoms with Crippen molar-refractivity contribution >= 4 is 56.2 Å². The van der Waals surface area contributed by atoms with Gasteiger partial charge in [0.05, 0.1) is 5.54 Å². The zero-order valence-corrected chi connectivity index (χ0v) is 28.3.